The lowest BCUT2D eigenvalue weighted by Crippen LogP contribution is -2.44. The maximum atomic E-state index is 9.61. The number of nitrogens with zero attached hydrogens (tertiary/aromatic N) is 2. The average molecular weight is 168 g/mol. The molecule has 0 aromatic carbocycles. The van der Waals surface area contributed by atoms with Crippen LogP contribution >= 0.6 is 0 Å². The summed E-state index contributed by atoms with van der Waals surface area (Å²) in [4.78, 5) is 7.49. The molecule has 0 heterocycles. The first kappa shape index (κ1) is 11.0. The van der Waals surface area contributed by atoms with Gasteiger partial charge in [0.25, 0.3) is 0 Å². The van der Waals surface area contributed by atoms with Crippen LogP contribution in [-0.2, 0) is 0 Å². The van der Waals surface area contributed by atoms with Gasteiger partial charge in [0.15, 0.2) is 5.84 Å². The van der Waals surface area contributed by atoms with Gasteiger partial charge in [-0.1, -0.05) is 0 Å². The van der Waals surface area contributed by atoms with Crippen molar-refractivity contribution in [3.63, 3.8) is 0 Å². The summed E-state index contributed by atoms with van der Waals surface area (Å²) < 4.78 is 0. The van der Waals surface area contributed by atoms with Crippen molar-refractivity contribution in [2.45, 2.75) is 24.9 Å². The Balaban J connectivity index is 0.000000561. The van der Waals surface area contributed by atoms with Gasteiger partial charge in [0.05, 0.1) is 0 Å². The Hall–Kier alpha value is -0.960. The third kappa shape index (κ3) is 2.01. The van der Waals surface area contributed by atoms with E-state index in [0.29, 0.717) is 5.84 Å². The molecule has 0 saturated heterocycles. The summed E-state index contributed by atoms with van der Waals surface area (Å²) in [6.07, 6.45) is 2.61. The fraction of sp³-hybridized carbons (Fsp3) is 0.556. The molecule has 3 nitrogen and oxygen atoms in total. The van der Waals surface area contributed by atoms with Crippen molar-refractivity contribution < 1.29 is 5.11 Å². The molecule has 0 aromatic rings. The van der Waals surface area contributed by atoms with Crippen molar-refractivity contribution in [2.24, 2.45) is 9.98 Å². The molecule has 0 unspecified atom stereocenters. The number of aliphatic imine (C=N–C) groups is 2. The van der Waals surface area contributed by atoms with E-state index in [1.165, 1.54) is 0 Å². The molecule has 1 N–H and O–H groups in total. The molecule has 0 aliphatic heterocycles. The minimum Gasteiger partial charge on any atom is -0.382 e. The van der Waals surface area contributed by atoms with Gasteiger partial charge in [-0.3, -0.25) is 4.99 Å². The van der Waals surface area contributed by atoms with E-state index < -0.39 is 5.60 Å². The lowest BCUT2D eigenvalue weighted by molar-refractivity contribution is 0.0330. The Labute approximate surface area is 73.6 Å². The van der Waals surface area contributed by atoms with Gasteiger partial charge in [0.2, 0.25) is 0 Å². The van der Waals surface area contributed by atoms with Crippen LogP contribution in [0, 0.1) is 0 Å². The molecule has 3 heteroatoms. The quantitative estimate of drug-likeness (QED) is 0.359. The molecule has 1 aliphatic carbocycles. The molecule has 68 valence electrons. The maximum Gasteiger partial charge on any atom is 0.154 e. The van der Waals surface area contributed by atoms with E-state index in [0.717, 1.165) is 19.3 Å². The third-order valence-corrected chi connectivity index (χ3v) is 1.96. The summed E-state index contributed by atoms with van der Waals surface area (Å²) >= 11 is 0. The van der Waals surface area contributed by atoms with Crippen LogP contribution in [0.1, 0.15) is 19.3 Å². The van der Waals surface area contributed by atoms with Gasteiger partial charge in [-0.15, -0.1) is 13.2 Å². The number of hydrogen-bond acceptors (Lipinski definition) is 2. The van der Waals surface area contributed by atoms with Crippen LogP contribution < -0.4 is 0 Å². The molecule has 1 rings (SSSR count). The number of hydrogen-bond donors (Lipinski definition) is 1. The van der Waals surface area contributed by atoms with Gasteiger partial charge in [-0.25, -0.2) is 4.99 Å². The molecular weight excluding hydrogens is 152 g/mol. The van der Waals surface area contributed by atoms with Crippen molar-refractivity contribution >= 4 is 12.6 Å². The number of rotatable bonds is 1. The Morgan fingerprint density at radius 3 is 2.00 bits per heavy atom. The second-order valence-corrected chi connectivity index (χ2v) is 2.59. The van der Waals surface area contributed by atoms with E-state index >= 15 is 0 Å². The van der Waals surface area contributed by atoms with E-state index in [1.807, 2.05) is 0 Å². The first-order valence-electron chi connectivity index (χ1n) is 3.89. The molecule has 0 radical (unpaired) electrons. The molecule has 0 spiro atoms. The van der Waals surface area contributed by atoms with Gasteiger partial charge in [-0.2, -0.15) is 0 Å². The van der Waals surface area contributed by atoms with E-state index in [4.69, 9.17) is 0 Å². The molecule has 1 aliphatic rings. The third-order valence-electron chi connectivity index (χ3n) is 1.96. The highest BCUT2D eigenvalue weighted by Gasteiger charge is 2.39. The SMILES string of the molecule is C=C.C=NC(=NC)C1(O)CCC1. The minimum absolute atomic E-state index is 0.485. The zero-order valence-electron chi connectivity index (χ0n) is 7.58. The molecule has 0 bridgehead atoms. The summed E-state index contributed by atoms with van der Waals surface area (Å²) in [5, 5.41) is 9.61. The molecule has 0 amide bonds. The van der Waals surface area contributed by atoms with Gasteiger partial charge >= 0.3 is 0 Å². The summed E-state index contributed by atoms with van der Waals surface area (Å²) in [7, 11) is 1.63. The first-order chi connectivity index (χ1) is 5.73. The lowest BCUT2D eigenvalue weighted by atomic mass is 9.79. The predicted octanol–water partition coefficient (Wildman–Crippen LogP) is 1.43. The highest BCUT2D eigenvalue weighted by atomic mass is 16.3. The highest BCUT2D eigenvalue weighted by Crippen LogP contribution is 2.33. The Morgan fingerprint density at radius 2 is 1.92 bits per heavy atom. The Bertz CT molecular complexity index is 183. The van der Waals surface area contributed by atoms with Crippen LogP contribution in [0.25, 0.3) is 0 Å². The molecule has 12 heavy (non-hydrogen) atoms. The first-order valence-corrected chi connectivity index (χ1v) is 3.89. The minimum atomic E-state index is -0.740. The van der Waals surface area contributed by atoms with E-state index in [1.54, 1.807) is 7.05 Å². The second-order valence-electron chi connectivity index (χ2n) is 2.59. The lowest BCUT2D eigenvalue weighted by Gasteiger charge is -2.35. The highest BCUT2D eigenvalue weighted by molar-refractivity contribution is 5.94. The standard InChI is InChI=1S/C7H12N2O.C2H4/c1-8-6(9-2)7(10)4-3-5-7;1-2/h10H,1,3-5H2,2H3;1-2H2. The molecule has 0 aromatic heterocycles. The largest absolute Gasteiger partial charge is 0.382 e. The van der Waals surface area contributed by atoms with Gasteiger partial charge in [-0.05, 0) is 26.0 Å². The number of aliphatic hydroxyl groups is 1. The van der Waals surface area contributed by atoms with Crippen LogP contribution in [-0.4, -0.2) is 30.3 Å². The van der Waals surface area contributed by atoms with Crippen molar-refractivity contribution in [3.05, 3.63) is 13.2 Å². The molecular formula is C9H16N2O. The molecule has 1 saturated carbocycles. The maximum absolute atomic E-state index is 9.61. The summed E-state index contributed by atoms with van der Waals surface area (Å²) in [5.41, 5.74) is -0.740. The van der Waals surface area contributed by atoms with Crippen LogP contribution in [0.15, 0.2) is 23.1 Å². The summed E-state index contributed by atoms with van der Waals surface area (Å²) in [6.45, 7) is 9.34. The zero-order valence-corrected chi connectivity index (χ0v) is 7.58. The van der Waals surface area contributed by atoms with E-state index in [9.17, 15) is 5.11 Å². The predicted molar refractivity (Wildman–Crippen MR) is 53.0 cm³/mol. The normalized spacial score (nSPS) is 20.0. The van der Waals surface area contributed by atoms with Gasteiger partial charge < -0.3 is 5.11 Å². The zero-order chi connectivity index (χ0) is 9.61. The van der Waals surface area contributed by atoms with E-state index in [2.05, 4.69) is 29.9 Å². The summed E-state index contributed by atoms with van der Waals surface area (Å²) in [6, 6.07) is 0. The van der Waals surface area contributed by atoms with E-state index in [-0.39, 0.29) is 0 Å². The van der Waals surface area contributed by atoms with Gasteiger partial charge in [0, 0.05) is 7.05 Å². The monoisotopic (exact) mass is 168 g/mol. The van der Waals surface area contributed by atoms with Crippen LogP contribution in [0.3, 0.4) is 0 Å². The van der Waals surface area contributed by atoms with Crippen LogP contribution in [0.5, 0.6) is 0 Å². The summed E-state index contributed by atoms with van der Waals surface area (Å²) in [5.74, 6) is 0.485. The molecule has 0 atom stereocenters. The van der Waals surface area contributed by atoms with Crippen LogP contribution in [0.2, 0.25) is 0 Å². The molecule has 1 fully saturated rings. The second kappa shape index (κ2) is 4.83. The smallest absolute Gasteiger partial charge is 0.154 e. The van der Waals surface area contributed by atoms with Crippen molar-refractivity contribution in [1.82, 2.24) is 0 Å². The van der Waals surface area contributed by atoms with Gasteiger partial charge in [0.1, 0.15) is 5.60 Å². The average Bonchev–Trinajstić information content (AvgIpc) is 2.07. The topological polar surface area (TPSA) is 45.0 Å². The Morgan fingerprint density at radius 1 is 1.42 bits per heavy atom. The number of amidine groups is 1. The fourth-order valence-electron chi connectivity index (χ4n) is 1.16. The Kier molecular flexibility index (Phi) is 4.44. The van der Waals surface area contributed by atoms with Crippen LogP contribution in [0.4, 0.5) is 0 Å². The fourth-order valence-corrected chi connectivity index (χ4v) is 1.16. The van der Waals surface area contributed by atoms with Crippen molar-refractivity contribution in [3.8, 4) is 0 Å². The van der Waals surface area contributed by atoms with Crippen molar-refractivity contribution in [2.75, 3.05) is 7.05 Å². The van der Waals surface area contributed by atoms with Crippen molar-refractivity contribution in [1.29, 1.82) is 0 Å².